The SMILES string of the molecule is CCCN(C(=O)OCc1ccc(F)cc1)C1CCN(CC2CC(N(C)[C@@H](C(=O)O)C(C)C)CC2c2cccc(F)c2)CC1.Cl.Cl. The standard InChI is InChI=1S/C34H47F2N3O4.2ClH/c1-5-15-39(34(42)43-22-24-9-11-27(35)12-10-24)29-13-16-38(17-14-29)21-26-19-30(37(4)32(23(2)3)33(40)41)20-31(26)25-7-6-8-28(36)18-25;;/h6-12,18,23,26,29-32H,5,13-17,19-22H2,1-4H3,(H,40,41);2*1H/t26?,30?,31?,32-;;/m1../s1. The van der Waals surface area contributed by atoms with Gasteiger partial charge >= 0.3 is 12.1 Å². The molecule has 11 heteroatoms. The Morgan fingerprint density at radius 2 is 1.67 bits per heavy atom. The summed E-state index contributed by atoms with van der Waals surface area (Å²) in [5, 5.41) is 9.92. The summed E-state index contributed by atoms with van der Waals surface area (Å²) in [6.45, 7) is 9.18. The maximum atomic E-state index is 14.3. The summed E-state index contributed by atoms with van der Waals surface area (Å²) in [6.07, 6.45) is 3.80. The van der Waals surface area contributed by atoms with Gasteiger partial charge in [-0.1, -0.05) is 45.0 Å². The third-order valence-corrected chi connectivity index (χ3v) is 9.31. The van der Waals surface area contributed by atoms with Crippen LogP contribution < -0.4 is 0 Å². The molecule has 0 radical (unpaired) electrons. The smallest absolute Gasteiger partial charge is 0.410 e. The van der Waals surface area contributed by atoms with Gasteiger partial charge in [0.1, 0.15) is 24.3 Å². The van der Waals surface area contributed by atoms with E-state index < -0.39 is 12.0 Å². The van der Waals surface area contributed by atoms with Gasteiger partial charge in [0.25, 0.3) is 0 Å². The zero-order chi connectivity index (χ0) is 31.1. The third kappa shape index (κ3) is 10.3. The quantitative estimate of drug-likeness (QED) is 0.257. The normalized spacial score (nSPS) is 21.2. The van der Waals surface area contributed by atoms with Crippen LogP contribution in [-0.4, -0.2) is 83.2 Å². The number of halogens is 4. The molecule has 1 saturated carbocycles. The molecule has 7 nitrogen and oxygen atoms in total. The van der Waals surface area contributed by atoms with Crippen molar-refractivity contribution in [1.82, 2.24) is 14.7 Å². The monoisotopic (exact) mass is 671 g/mol. The highest BCUT2D eigenvalue weighted by atomic mass is 35.5. The van der Waals surface area contributed by atoms with Crippen molar-refractivity contribution in [3.05, 3.63) is 71.3 Å². The van der Waals surface area contributed by atoms with Crippen LogP contribution in [0.25, 0.3) is 0 Å². The molecule has 3 unspecified atom stereocenters. The summed E-state index contributed by atoms with van der Waals surface area (Å²) in [5.74, 6) is -1.00. The van der Waals surface area contributed by atoms with Crippen LogP contribution in [0.5, 0.6) is 0 Å². The molecule has 0 spiro atoms. The first-order valence-corrected chi connectivity index (χ1v) is 15.7. The van der Waals surface area contributed by atoms with Crippen LogP contribution in [0.2, 0.25) is 0 Å². The molecule has 2 aromatic rings. The Hall–Kier alpha value is -2.46. The Morgan fingerprint density at radius 3 is 2.24 bits per heavy atom. The average Bonchev–Trinajstić information content (AvgIpc) is 3.39. The molecule has 1 N–H and O–H groups in total. The second-order valence-electron chi connectivity index (χ2n) is 12.6. The van der Waals surface area contributed by atoms with Crippen LogP contribution in [0.3, 0.4) is 0 Å². The van der Waals surface area contributed by atoms with Crippen molar-refractivity contribution in [2.45, 2.75) is 83.5 Å². The molecule has 2 fully saturated rings. The molecule has 0 aromatic heterocycles. The van der Waals surface area contributed by atoms with Gasteiger partial charge in [0, 0.05) is 38.3 Å². The Kier molecular flexibility index (Phi) is 15.5. The molecule has 252 valence electrons. The number of aliphatic carboxylic acids is 1. The van der Waals surface area contributed by atoms with E-state index in [4.69, 9.17) is 4.74 Å². The third-order valence-electron chi connectivity index (χ3n) is 9.31. The molecule has 45 heavy (non-hydrogen) atoms. The summed E-state index contributed by atoms with van der Waals surface area (Å²) in [6, 6.07) is 12.4. The van der Waals surface area contributed by atoms with Gasteiger partial charge in [0.05, 0.1) is 0 Å². The van der Waals surface area contributed by atoms with Gasteiger partial charge in [-0.15, -0.1) is 24.8 Å². The van der Waals surface area contributed by atoms with Gasteiger partial charge in [-0.2, -0.15) is 0 Å². The summed E-state index contributed by atoms with van der Waals surface area (Å²) in [4.78, 5) is 31.4. The van der Waals surface area contributed by atoms with Gasteiger partial charge in [-0.3, -0.25) is 9.69 Å². The minimum absolute atomic E-state index is 0. The van der Waals surface area contributed by atoms with Crippen LogP contribution in [-0.2, 0) is 16.1 Å². The van der Waals surface area contributed by atoms with E-state index in [9.17, 15) is 23.5 Å². The Labute approximate surface area is 279 Å². The van der Waals surface area contributed by atoms with E-state index in [1.54, 1.807) is 24.3 Å². The lowest BCUT2D eigenvalue weighted by Gasteiger charge is -2.39. The maximum Gasteiger partial charge on any atom is 0.410 e. The van der Waals surface area contributed by atoms with E-state index in [1.165, 1.54) is 18.2 Å². The fourth-order valence-corrected chi connectivity index (χ4v) is 7.15. The molecular formula is C34H49Cl2F2N3O4. The van der Waals surface area contributed by atoms with Gasteiger partial charge in [-0.05, 0) is 92.3 Å². The number of ether oxygens (including phenoxy) is 1. The molecule has 1 aliphatic carbocycles. The molecule has 1 saturated heterocycles. The molecule has 2 aliphatic rings. The number of hydrogen-bond acceptors (Lipinski definition) is 5. The van der Waals surface area contributed by atoms with Crippen LogP contribution in [0, 0.1) is 23.5 Å². The first-order chi connectivity index (χ1) is 20.6. The Morgan fingerprint density at radius 1 is 1.00 bits per heavy atom. The highest BCUT2D eigenvalue weighted by Crippen LogP contribution is 2.43. The topological polar surface area (TPSA) is 73.3 Å². The largest absolute Gasteiger partial charge is 0.480 e. The Balaban J connectivity index is 0.00000353. The average molecular weight is 673 g/mol. The van der Waals surface area contributed by atoms with Crippen molar-refractivity contribution >= 4 is 36.9 Å². The lowest BCUT2D eigenvalue weighted by atomic mass is 9.88. The van der Waals surface area contributed by atoms with Crippen LogP contribution in [0.1, 0.15) is 69.9 Å². The number of piperidine rings is 1. The predicted molar refractivity (Wildman–Crippen MR) is 177 cm³/mol. The van der Waals surface area contributed by atoms with Gasteiger partial charge in [0.15, 0.2) is 0 Å². The van der Waals surface area contributed by atoms with E-state index in [0.717, 1.165) is 62.9 Å². The zero-order valence-corrected chi connectivity index (χ0v) is 28.4. The van der Waals surface area contributed by atoms with Crippen LogP contribution in [0.15, 0.2) is 48.5 Å². The number of carboxylic acid groups (broad SMARTS) is 1. The number of hydrogen-bond donors (Lipinski definition) is 1. The van der Waals surface area contributed by atoms with E-state index in [0.29, 0.717) is 6.54 Å². The highest BCUT2D eigenvalue weighted by molar-refractivity contribution is 5.85. The number of amides is 1. The molecular weight excluding hydrogens is 623 g/mol. The minimum atomic E-state index is -0.807. The van der Waals surface area contributed by atoms with Crippen molar-refractivity contribution in [2.24, 2.45) is 11.8 Å². The maximum absolute atomic E-state index is 14.3. The fraction of sp³-hybridized carbons (Fsp3) is 0.588. The van der Waals surface area contributed by atoms with Crippen LogP contribution >= 0.6 is 24.8 Å². The molecule has 1 aliphatic heterocycles. The van der Waals surface area contributed by atoms with E-state index in [2.05, 4.69) is 4.90 Å². The molecule has 1 heterocycles. The lowest BCUT2D eigenvalue weighted by Crippen LogP contribution is -2.49. The van der Waals surface area contributed by atoms with Gasteiger partial charge in [-0.25, -0.2) is 13.6 Å². The molecule has 1 amide bonds. The number of benzene rings is 2. The number of likely N-dealkylation sites (tertiary alicyclic amines) is 1. The fourth-order valence-electron chi connectivity index (χ4n) is 7.15. The number of carboxylic acids is 1. The number of carbonyl (C=O) groups excluding carboxylic acids is 1. The zero-order valence-electron chi connectivity index (χ0n) is 26.7. The van der Waals surface area contributed by atoms with Gasteiger partial charge in [0.2, 0.25) is 0 Å². The van der Waals surface area contributed by atoms with E-state index >= 15 is 0 Å². The first kappa shape index (κ1) is 38.7. The van der Waals surface area contributed by atoms with Crippen molar-refractivity contribution in [2.75, 3.05) is 33.2 Å². The molecule has 4 atom stereocenters. The summed E-state index contributed by atoms with van der Waals surface area (Å²) in [5.41, 5.74) is 1.72. The van der Waals surface area contributed by atoms with Crippen LogP contribution in [0.4, 0.5) is 13.6 Å². The molecule has 2 aromatic carbocycles. The van der Waals surface area contributed by atoms with Gasteiger partial charge < -0.3 is 19.6 Å². The van der Waals surface area contributed by atoms with Crippen molar-refractivity contribution in [1.29, 1.82) is 0 Å². The summed E-state index contributed by atoms with van der Waals surface area (Å²) < 4.78 is 33.1. The van der Waals surface area contributed by atoms with Crippen molar-refractivity contribution < 1.29 is 28.2 Å². The lowest BCUT2D eigenvalue weighted by molar-refractivity contribution is -0.145. The molecule has 4 rings (SSSR count). The van der Waals surface area contributed by atoms with E-state index in [-0.39, 0.29) is 79.0 Å². The second-order valence-corrected chi connectivity index (χ2v) is 12.6. The van der Waals surface area contributed by atoms with Crippen molar-refractivity contribution in [3.63, 3.8) is 0 Å². The highest BCUT2D eigenvalue weighted by Gasteiger charge is 2.42. The number of carbonyl (C=O) groups is 2. The van der Waals surface area contributed by atoms with E-state index in [1.807, 2.05) is 43.7 Å². The summed E-state index contributed by atoms with van der Waals surface area (Å²) in [7, 11) is 1.91. The second kappa shape index (κ2) is 18.0. The minimum Gasteiger partial charge on any atom is -0.480 e. The number of likely N-dealkylation sites (N-methyl/N-ethyl adjacent to an activating group) is 1. The number of nitrogens with zero attached hydrogens (tertiary/aromatic N) is 3. The predicted octanol–water partition coefficient (Wildman–Crippen LogP) is 7.22. The number of rotatable bonds is 12. The molecule has 0 bridgehead atoms. The summed E-state index contributed by atoms with van der Waals surface area (Å²) >= 11 is 0. The first-order valence-electron chi connectivity index (χ1n) is 15.7. The Bertz CT molecular complexity index is 1210. The van der Waals surface area contributed by atoms with Crippen molar-refractivity contribution in [3.8, 4) is 0 Å².